The summed E-state index contributed by atoms with van der Waals surface area (Å²) in [6.45, 7) is 19.0. The number of carboxylic acids is 1. The second-order valence-electron chi connectivity index (χ2n) is 13.1. The summed E-state index contributed by atoms with van der Waals surface area (Å²) in [6.07, 6.45) is 4.48. The molecule has 1 aliphatic rings. The fourth-order valence-electron chi connectivity index (χ4n) is 5.20. The third-order valence-corrected chi connectivity index (χ3v) is 7.90. The third-order valence-electron chi connectivity index (χ3n) is 7.90. The number of aryl methyl sites for hydroxylation is 3. The van der Waals surface area contributed by atoms with E-state index < -0.39 is 17.7 Å². The summed E-state index contributed by atoms with van der Waals surface area (Å²) in [4.78, 5) is 24.3. The lowest BCUT2D eigenvalue weighted by Gasteiger charge is -2.40. The highest BCUT2D eigenvalue weighted by Gasteiger charge is 2.36. The average molecular weight is 575 g/mol. The lowest BCUT2D eigenvalue weighted by atomic mass is 9.82. The van der Waals surface area contributed by atoms with E-state index in [1.54, 1.807) is 6.20 Å². The second-order valence-corrected chi connectivity index (χ2v) is 13.1. The van der Waals surface area contributed by atoms with Gasteiger partial charge in [-0.25, -0.2) is 4.79 Å². The number of ether oxygens (including phenoxy) is 2. The highest BCUT2D eigenvalue weighted by Crippen LogP contribution is 2.43. The predicted octanol–water partition coefficient (Wildman–Crippen LogP) is 7.13. The van der Waals surface area contributed by atoms with Gasteiger partial charge in [0.15, 0.2) is 6.10 Å². The molecular weight excluding hydrogens is 528 g/mol. The van der Waals surface area contributed by atoms with Gasteiger partial charge in [-0.3, -0.25) is 9.97 Å². The molecule has 1 atom stereocenters. The van der Waals surface area contributed by atoms with Crippen LogP contribution in [0.1, 0.15) is 75.9 Å². The first-order chi connectivity index (χ1) is 19.7. The number of carboxylic acid groups (broad SMARTS) is 1. The maximum absolute atomic E-state index is 12.6. The molecule has 0 unspecified atom stereocenters. The van der Waals surface area contributed by atoms with Crippen LogP contribution < -0.4 is 15.0 Å². The van der Waals surface area contributed by atoms with E-state index in [0.29, 0.717) is 24.4 Å². The molecule has 1 fully saturated rings. The van der Waals surface area contributed by atoms with Gasteiger partial charge in [-0.2, -0.15) is 0 Å². The Bertz CT molecular complexity index is 1390. The van der Waals surface area contributed by atoms with E-state index >= 15 is 0 Å². The number of carbonyl (C=O) groups is 1. The molecule has 4 rings (SSSR count). The molecule has 42 heavy (non-hydrogen) atoms. The number of rotatable bonds is 10. The van der Waals surface area contributed by atoms with Crippen LogP contribution in [0.5, 0.6) is 5.75 Å². The summed E-state index contributed by atoms with van der Waals surface area (Å²) in [5.74, 6) is -0.166. The first-order valence-corrected chi connectivity index (χ1v) is 14.8. The molecule has 0 aliphatic carbocycles. The zero-order valence-electron chi connectivity index (χ0n) is 26.4. The molecule has 226 valence electrons. The zero-order valence-corrected chi connectivity index (χ0v) is 26.4. The molecule has 0 spiro atoms. The Labute approximate surface area is 250 Å². The van der Waals surface area contributed by atoms with Crippen LogP contribution in [-0.2, 0) is 9.53 Å². The largest absolute Gasteiger partial charge is 0.492 e. The normalized spacial score (nSPS) is 15.8. The van der Waals surface area contributed by atoms with Gasteiger partial charge >= 0.3 is 5.97 Å². The Kier molecular flexibility index (Phi) is 9.46. The summed E-state index contributed by atoms with van der Waals surface area (Å²) in [5.41, 5.74) is 6.56. The maximum atomic E-state index is 12.6. The number of benzene rings is 1. The van der Waals surface area contributed by atoms with E-state index in [9.17, 15) is 9.90 Å². The number of piperidine rings is 1. The number of nitrogens with one attached hydrogen (secondary N) is 1. The molecule has 3 heterocycles. The fraction of sp³-hybridized carbons (Fsp3) is 0.500. The number of anilines is 2. The Morgan fingerprint density at radius 2 is 1.76 bits per heavy atom. The van der Waals surface area contributed by atoms with Crippen LogP contribution in [-0.4, -0.2) is 52.9 Å². The molecular formula is C34H46N4O4. The summed E-state index contributed by atoms with van der Waals surface area (Å²) < 4.78 is 12.0. The SMILES string of the molecule is Cc1ccc(OCCNc2ccc(-c3cnc(C)c([C@H](OC(C)(C)C)C(=O)O)c3N3CCC(C)(C)CC3)nc2)cc1C. The van der Waals surface area contributed by atoms with Gasteiger partial charge in [-0.15, -0.1) is 0 Å². The number of aromatic nitrogens is 2. The fourth-order valence-corrected chi connectivity index (χ4v) is 5.20. The van der Waals surface area contributed by atoms with Gasteiger partial charge in [-0.1, -0.05) is 19.9 Å². The van der Waals surface area contributed by atoms with E-state index in [4.69, 9.17) is 14.5 Å². The maximum Gasteiger partial charge on any atom is 0.337 e. The highest BCUT2D eigenvalue weighted by atomic mass is 16.5. The molecule has 1 saturated heterocycles. The van der Waals surface area contributed by atoms with Crippen LogP contribution in [0, 0.1) is 26.2 Å². The van der Waals surface area contributed by atoms with Crippen LogP contribution in [0.3, 0.4) is 0 Å². The van der Waals surface area contributed by atoms with Crippen LogP contribution in [0.2, 0.25) is 0 Å². The van der Waals surface area contributed by atoms with Crippen LogP contribution >= 0.6 is 0 Å². The monoisotopic (exact) mass is 574 g/mol. The molecule has 3 aromatic rings. The van der Waals surface area contributed by atoms with Gasteiger partial charge < -0.3 is 24.8 Å². The number of pyridine rings is 2. The molecule has 8 heteroatoms. The molecule has 1 aliphatic heterocycles. The molecule has 0 radical (unpaired) electrons. The summed E-state index contributed by atoms with van der Waals surface area (Å²) in [7, 11) is 0. The molecule has 0 saturated carbocycles. The highest BCUT2D eigenvalue weighted by molar-refractivity contribution is 5.85. The van der Waals surface area contributed by atoms with Gasteiger partial charge in [0.1, 0.15) is 12.4 Å². The number of hydrogen-bond acceptors (Lipinski definition) is 7. The lowest BCUT2D eigenvalue weighted by Crippen LogP contribution is -2.39. The van der Waals surface area contributed by atoms with Crippen LogP contribution in [0.4, 0.5) is 11.4 Å². The van der Waals surface area contributed by atoms with Crippen molar-refractivity contribution in [3.63, 3.8) is 0 Å². The van der Waals surface area contributed by atoms with Crippen molar-refractivity contribution in [3.8, 4) is 17.0 Å². The zero-order chi connectivity index (χ0) is 30.7. The smallest absolute Gasteiger partial charge is 0.337 e. The van der Waals surface area contributed by atoms with Gasteiger partial charge in [0.05, 0.1) is 28.9 Å². The molecule has 0 bridgehead atoms. The van der Waals surface area contributed by atoms with Crippen molar-refractivity contribution in [2.24, 2.45) is 5.41 Å². The van der Waals surface area contributed by atoms with Crippen molar-refractivity contribution >= 4 is 17.3 Å². The molecule has 0 amide bonds. The van der Waals surface area contributed by atoms with E-state index in [2.05, 4.69) is 55.0 Å². The van der Waals surface area contributed by atoms with Crippen molar-refractivity contribution < 1.29 is 19.4 Å². The minimum absolute atomic E-state index is 0.237. The predicted molar refractivity (Wildman–Crippen MR) is 169 cm³/mol. The van der Waals surface area contributed by atoms with Gasteiger partial charge in [0.2, 0.25) is 0 Å². The minimum Gasteiger partial charge on any atom is -0.492 e. The number of nitrogens with zero attached hydrogens (tertiary/aromatic N) is 3. The van der Waals surface area contributed by atoms with Gasteiger partial charge in [-0.05, 0) is 95.2 Å². The van der Waals surface area contributed by atoms with Gasteiger partial charge in [0.25, 0.3) is 0 Å². The van der Waals surface area contributed by atoms with Crippen molar-refractivity contribution in [3.05, 3.63) is 65.1 Å². The summed E-state index contributed by atoms with van der Waals surface area (Å²) in [5, 5.41) is 13.7. The molecule has 8 nitrogen and oxygen atoms in total. The third kappa shape index (κ3) is 7.79. The van der Waals surface area contributed by atoms with Crippen LogP contribution in [0.25, 0.3) is 11.3 Å². The second kappa shape index (κ2) is 12.7. The van der Waals surface area contributed by atoms with E-state index in [1.807, 2.05) is 52.1 Å². The van der Waals surface area contributed by atoms with E-state index in [-0.39, 0.29) is 5.41 Å². The Balaban J connectivity index is 1.60. The standard InChI is InChI=1S/C34H46N4O4/c1-22-9-11-26(19-23(22)2)41-18-15-35-25-10-12-28(37-20-25)27-21-36-24(3)29(31(32(39)40)42-33(4,5)6)30(27)38-16-13-34(7,8)14-17-38/h9-12,19-21,31,35H,13-18H2,1-8H3,(H,39,40)/t31-/m0/s1. The Hall–Kier alpha value is -3.65. The van der Waals surface area contributed by atoms with E-state index in [0.717, 1.165) is 54.3 Å². The summed E-state index contributed by atoms with van der Waals surface area (Å²) in [6, 6.07) is 10.1. The molecule has 1 aromatic carbocycles. The number of hydrogen-bond donors (Lipinski definition) is 2. The Morgan fingerprint density at radius 1 is 1.05 bits per heavy atom. The minimum atomic E-state index is -1.15. The quantitative estimate of drug-likeness (QED) is 0.247. The van der Waals surface area contributed by atoms with Crippen molar-refractivity contribution in [1.82, 2.24) is 9.97 Å². The average Bonchev–Trinajstić information content (AvgIpc) is 2.92. The summed E-state index contributed by atoms with van der Waals surface area (Å²) >= 11 is 0. The van der Waals surface area contributed by atoms with Crippen molar-refractivity contribution in [2.75, 3.05) is 36.5 Å². The first-order valence-electron chi connectivity index (χ1n) is 14.8. The van der Waals surface area contributed by atoms with Crippen molar-refractivity contribution in [1.29, 1.82) is 0 Å². The van der Waals surface area contributed by atoms with Gasteiger partial charge in [0, 0.05) is 42.7 Å². The topological polar surface area (TPSA) is 96.8 Å². The lowest BCUT2D eigenvalue weighted by molar-refractivity contribution is -0.160. The first kappa shape index (κ1) is 31.3. The molecule has 2 N–H and O–H groups in total. The van der Waals surface area contributed by atoms with E-state index in [1.165, 1.54) is 11.1 Å². The Morgan fingerprint density at radius 3 is 2.36 bits per heavy atom. The number of aliphatic carboxylic acids is 1. The van der Waals surface area contributed by atoms with Crippen LogP contribution in [0.15, 0.2) is 42.7 Å². The molecule has 2 aromatic heterocycles. The van der Waals surface area contributed by atoms with Crippen molar-refractivity contribution in [2.45, 2.75) is 79.9 Å².